The Morgan fingerprint density at radius 3 is 2.47 bits per heavy atom. The molecule has 1 aliphatic rings. The summed E-state index contributed by atoms with van der Waals surface area (Å²) in [5.74, 6) is 0.0929. The highest BCUT2D eigenvalue weighted by atomic mass is 16.1. The van der Waals surface area contributed by atoms with Gasteiger partial charge < -0.3 is 11.1 Å². The molecule has 0 saturated carbocycles. The first kappa shape index (κ1) is 12.4. The number of hydrogen-bond donors (Lipinski definition) is 2. The smallest absolute Gasteiger partial charge is 0.233 e. The van der Waals surface area contributed by atoms with Crippen LogP contribution < -0.4 is 11.1 Å². The number of amides is 1. The Morgan fingerprint density at radius 2 is 2.00 bits per heavy atom. The zero-order valence-corrected chi connectivity index (χ0v) is 9.70. The van der Waals surface area contributed by atoms with Crippen LogP contribution in [0.15, 0.2) is 0 Å². The van der Waals surface area contributed by atoms with E-state index in [0.29, 0.717) is 19.1 Å². The summed E-state index contributed by atoms with van der Waals surface area (Å²) in [5, 5.41) is 2.64. The zero-order valence-electron chi connectivity index (χ0n) is 9.70. The molecule has 1 aliphatic heterocycles. The van der Waals surface area contributed by atoms with Gasteiger partial charge in [0.05, 0.1) is 6.54 Å². The van der Waals surface area contributed by atoms with Crippen LogP contribution in [0.2, 0.25) is 0 Å². The molecule has 5 nitrogen and oxygen atoms in total. The first-order valence-corrected chi connectivity index (χ1v) is 5.54. The minimum Gasteiger partial charge on any atom is -0.358 e. The predicted octanol–water partition coefficient (Wildman–Crippen LogP) is -1.30. The minimum atomic E-state index is 0.0929. The Kier molecular flexibility index (Phi) is 5.01. The van der Waals surface area contributed by atoms with Crippen molar-refractivity contribution in [2.45, 2.75) is 13.0 Å². The maximum atomic E-state index is 11.2. The molecule has 5 heteroatoms. The van der Waals surface area contributed by atoms with Crippen molar-refractivity contribution in [2.24, 2.45) is 5.73 Å². The Morgan fingerprint density at radius 1 is 1.40 bits per heavy atom. The molecule has 15 heavy (non-hydrogen) atoms. The molecule has 1 amide bonds. The third-order valence-electron chi connectivity index (χ3n) is 3.02. The standard InChI is InChI=1S/C10H22N4O/c1-9(7-11)14-5-3-13(4-6-14)8-10(15)12-2/h9H,3-8,11H2,1-2H3,(H,12,15). The second-order valence-electron chi connectivity index (χ2n) is 4.07. The summed E-state index contributed by atoms with van der Waals surface area (Å²) in [5.41, 5.74) is 5.62. The van der Waals surface area contributed by atoms with Gasteiger partial charge in [-0.05, 0) is 6.92 Å². The summed E-state index contributed by atoms with van der Waals surface area (Å²) >= 11 is 0. The largest absolute Gasteiger partial charge is 0.358 e. The molecule has 0 spiro atoms. The number of carbonyl (C=O) groups excluding carboxylic acids is 1. The average Bonchev–Trinajstić information content (AvgIpc) is 2.29. The van der Waals surface area contributed by atoms with Crippen LogP contribution in [0, 0.1) is 0 Å². The molecule has 1 saturated heterocycles. The number of nitrogens with one attached hydrogen (secondary N) is 1. The molecular weight excluding hydrogens is 192 g/mol. The molecule has 1 atom stereocenters. The Labute approximate surface area is 91.6 Å². The van der Waals surface area contributed by atoms with E-state index in [1.807, 2.05) is 0 Å². The predicted molar refractivity (Wildman–Crippen MR) is 60.6 cm³/mol. The number of nitrogens with two attached hydrogens (primary N) is 1. The van der Waals surface area contributed by atoms with Crippen molar-refractivity contribution in [1.82, 2.24) is 15.1 Å². The van der Waals surface area contributed by atoms with Crippen molar-refractivity contribution in [3.63, 3.8) is 0 Å². The first-order valence-electron chi connectivity index (χ1n) is 5.54. The molecule has 0 aromatic rings. The van der Waals surface area contributed by atoms with Gasteiger partial charge in [0.1, 0.15) is 0 Å². The maximum absolute atomic E-state index is 11.2. The normalized spacial score (nSPS) is 21.3. The third-order valence-corrected chi connectivity index (χ3v) is 3.02. The van der Waals surface area contributed by atoms with Gasteiger partial charge in [-0.1, -0.05) is 0 Å². The van der Waals surface area contributed by atoms with Crippen LogP contribution >= 0.6 is 0 Å². The summed E-state index contributed by atoms with van der Waals surface area (Å²) in [4.78, 5) is 15.7. The van der Waals surface area contributed by atoms with Gasteiger partial charge in [0.25, 0.3) is 0 Å². The lowest BCUT2D eigenvalue weighted by Gasteiger charge is -2.37. The molecule has 0 radical (unpaired) electrons. The van der Waals surface area contributed by atoms with Crippen LogP contribution in [0.5, 0.6) is 0 Å². The molecular formula is C10H22N4O. The molecule has 0 aromatic heterocycles. The van der Waals surface area contributed by atoms with Crippen molar-refractivity contribution < 1.29 is 4.79 Å². The van der Waals surface area contributed by atoms with Crippen LogP contribution in [-0.4, -0.2) is 68.1 Å². The highest BCUT2D eigenvalue weighted by molar-refractivity contribution is 5.77. The fraction of sp³-hybridized carbons (Fsp3) is 0.900. The monoisotopic (exact) mass is 214 g/mol. The fourth-order valence-electron chi connectivity index (χ4n) is 1.79. The van der Waals surface area contributed by atoms with Gasteiger partial charge in [0.2, 0.25) is 5.91 Å². The number of nitrogens with zero attached hydrogens (tertiary/aromatic N) is 2. The Balaban J connectivity index is 2.26. The third kappa shape index (κ3) is 3.77. The van der Waals surface area contributed by atoms with E-state index in [9.17, 15) is 4.79 Å². The average molecular weight is 214 g/mol. The van der Waals surface area contributed by atoms with Crippen LogP contribution in [0.3, 0.4) is 0 Å². The molecule has 0 aliphatic carbocycles. The van der Waals surface area contributed by atoms with Gasteiger partial charge >= 0.3 is 0 Å². The van der Waals surface area contributed by atoms with Crippen molar-refractivity contribution >= 4 is 5.91 Å². The molecule has 88 valence electrons. The summed E-state index contributed by atoms with van der Waals surface area (Å²) in [6.45, 7) is 7.30. The topological polar surface area (TPSA) is 61.6 Å². The SMILES string of the molecule is CNC(=O)CN1CCN(C(C)CN)CC1. The van der Waals surface area contributed by atoms with E-state index in [2.05, 4.69) is 22.0 Å². The maximum Gasteiger partial charge on any atom is 0.233 e. The number of hydrogen-bond acceptors (Lipinski definition) is 4. The number of carbonyl (C=O) groups is 1. The van der Waals surface area contributed by atoms with E-state index < -0.39 is 0 Å². The molecule has 0 aromatic carbocycles. The highest BCUT2D eigenvalue weighted by Crippen LogP contribution is 2.04. The van der Waals surface area contributed by atoms with Gasteiger partial charge in [-0.25, -0.2) is 0 Å². The molecule has 0 bridgehead atoms. The van der Waals surface area contributed by atoms with E-state index in [-0.39, 0.29) is 5.91 Å². The van der Waals surface area contributed by atoms with Gasteiger partial charge in [0, 0.05) is 45.8 Å². The van der Waals surface area contributed by atoms with Crippen molar-refractivity contribution in [3.8, 4) is 0 Å². The van der Waals surface area contributed by atoms with Gasteiger partial charge in [-0.2, -0.15) is 0 Å². The second kappa shape index (κ2) is 6.05. The van der Waals surface area contributed by atoms with Crippen molar-refractivity contribution in [1.29, 1.82) is 0 Å². The fourth-order valence-corrected chi connectivity index (χ4v) is 1.79. The quantitative estimate of drug-likeness (QED) is 0.610. The Hall–Kier alpha value is -0.650. The lowest BCUT2D eigenvalue weighted by molar-refractivity contribution is -0.122. The Bertz CT molecular complexity index is 202. The van der Waals surface area contributed by atoms with Crippen LogP contribution in [-0.2, 0) is 4.79 Å². The highest BCUT2D eigenvalue weighted by Gasteiger charge is 2.20. The van der Waals surface area contributed by atoms with E-state index in [1.54, 1.807) is 7.05 Å². The molecule has 1 rings (SSSR count). The van der Waals surface area contributed by atoms with Crippen LogP contribution in [0.1, 0.15) is 6.92 Å². The second-order valence-corrected chi connectivity index (χ2v) is 4.07. The number of rotatable bonds is 4. The summed E-state index contributed by atoms with van der Waals surface area (Å²) in [6.07, 6.45) is 0. The van der Waals surface area contributed by atoms with E-state index in [4.69, 9.17) is 5.73 Å². The van der Waals surface area contributed by atoms with E-state index >= 15 is 0 Å². The lowest BCUT2D eigenvalue weighted by Crippen LogP contribution is -2.52. The summed E-state index contributed by atoms with van der Waals surface area (Å²) < 4.78 is 0. The van der Waals surface area contributed by atoms with Crippen LogP contribution in [0.25, 0.3) is 0 Å². The number of likely N-dealkylation sites (N-methyl/N-ethyl adjacent to an activating group) is 1. The van der Waals surface area contributed by atoms with Gasteiger partial charge in [0.15, 0.2) is 0 Å². The van der Waals surface area contributed by atoms with Crippen molar-refractivity contribution in [3.05, 3.63) is 0 Å². The number of piperazine rings is 1. The first-order chi connectivity index (χ1) is 7.17. The van der Waals surface area contributed by atoms with Gasteiger partial charge in [-0.15, -0.1) is 0 Å². The van der Waals surface area contributed by atoms with Crippen LogP contribution in [0.4, 0.5) is 0 Å². The molecule has 1 unspecified atom stereocenters. The van der Waals surface area contributed by atoms with E-state index in [0.717, 1.165) is 26.2 Å². The van der Waals surface area contributed by atoms with Gasteiger partial charge in [-0.3, -0.25) is 14.6 Å². The minimum absolute atomic E-state index is 0.0929. The lowest BCUT2D eigenvalue weighted by atomic mass is 10.2. The molecule has 3 N–H and O–H groups in total. The van der Waals surface area contributed by atoms with E-state index in [1.165, 1.54) is 0 Å². The molecule has 1 heterocycles. The molecule has 1 fully saturated rings. The zero-order chi connectivity index (χ0) is 11.3. The van der Waals surface area contributed by atoms with Crippen molar-refractivity contribution in [2.75, 3.05) is 46.3 Å². The summed E-state index contributed by atoms with van der Waals surface area (Å²) in [7, 11) is 1.68. The summed E-state index contributed by atoms with van der Waals surface area (Å²) in [6, 6.07) is 0.451.